The van der Waals surface area contributed by atoms with Gasteiger partial charge in [0.05, 0.1) is 17.7 Å². The fourth-order valence-electron chi connectivity index (χ4n) is 3.48. The monoisotopic (exact) mass is 350 g/mol. The van der Waals surface area contributed by atoms with Gasteiger partial charge in [-0.1, -0.05) is 19.4 Å². The zero-order valence-corrected chi connectivity index (χ0v) is 15.5. The summed E-state index contributed by atoms with van der Waals surface area (Å²) in [5.41, 5.74) is 5.54. The van der Waals surface area contributed by atoms with Crippen molar-refractivity contribution in [3.8, 4) is 0 Å². The van der Waals surface area contributed by atoms with E-state index in [9.17, 15) is 4.79 Å². The first-order chi connectivity index (χ1) is 11.2. The molecule has 0 saturated heterocycles. The summed E-state index contributed by atoms with van der Waals surface area (Å²) >= 11 is 0. The molecule has 2 N–H and O–H groups in total. The van der Waals surface area contributed by atoms with Crippen molar-refractivity contribution >= 4 is 29.3 Å². The molecule has 5 heteroatoms. The highest BCUT2D eigenvalue weighted by atomic mass is 35.5. The molecule has 24 heavy (non-hydrogen) atoms. The van der Waals surface area contributed by atoms with Crippen LogP contribution < -0.4 is 5.32 Å². The Morgan fingerprint density at radius 1 is 1.33 bits per heavy atom. The van der Waals surface area contributed by atoms with Crippen molar-refractivity contribution in [2.24, 2.45) is 0 Å². The fraction of sp³-hybridized carbons (Fsp3) is 0.526. The number of H-pyrrole nitrogens is 1. The largest absolute Gasteiger partial charge is 0.462 e. The second-order valence-corrected chi connectivity index (χ2v) is 6.41. The van der Waals surface area contributed by atoms with E-state index in [-0.39, 0.29) is 18.4 Å². The zero-order valence-electron chi connectivity index (χ0n) is 14.7. The first-order valence-corrected chi connectivity index (χ1v) is 8.71. The summed E-state index contributed by atoms with van der Waals surface area (Å²) in [5.74, 6) is -0.237. The van der Waals surface area contributed by atoms with Crippen molar-refractivity contribution in [2.75, 3.05) is 6.61 Å². The van der Waals surface area contributed by atoms with E-state index in [1.807, 2.05) is 13.0 Å². The normalized spacial score (nSPS) is 16.5. The number of benzene rings is 1. The van der Waals surface area contributed by atoms with Gasteiger partial charge in [-0.25, -0.2) is 4.79 Å². The van der Waals surface area contributed by atoms with Gasteiger partial charge < -0.3 is 15.0 Å². The molecule has 0 radical (unpaired) electrons. The number of aromatic amines is 1. The Kier molecular flexibility index (Phi) is 6.30. The number of esters is 1. The van der Waals surface area contributed by atoms with Gasteiger partial charge in [0.1, 0.15) is 0 Å². The predicted molar refractivity (Wildman–Crippen MR) is 100 cm³/mol. The summed E-state index contributed by atoms with van der Waals surface area (Å²) in [7, 11) is 0. The number of aryl methyl sites for hydroxylation is 1. The van der Waals surface area contributed by atoms with Gasteiger partial charge in [0.15, 0.2) is 0 Å². The molecule has 0 aliphatic carbocycles. The number of hydrogen-bond acceptors (Lipinski definition) is 3. The topological polar surface area (TPSA) is 54.1 Å². The number of aromatic nitrogens is 1. The van der Waals surface area contributed by atoms with Gasteiger partial charge in [-0.05, 0) is 43.9 Å². The maximum atomic E-state index is 12.3. The minimum absolute atomic E-state index is 0. The lowest BCUT2D eigenvalue weighted by molar-refractivity contribution is 0.0528. The number of hydrogen-bond donors (Lipinski definition) is 2. The lowest BCUT2D eigenvalue weighted by Crippen LogP contribution is -2.32. The van der Waals surface area contributed by atoms with E-state index in [2.05, 4.69) is 30.2 Å². The summed E-state index contributed by atoms with van der Waals surface area (Å²) < 4.78 is 5.24. The van der Waals surface area contributed by atoms with Crippen LogP contribution in [-0.4, -0.2) is 23.6 Å². The van der Waals surface area contributed by atoms with E-state index in [1.165, 1.54) is 28.6 Å². The molecule has 0 fully saturated rings. The van der Waals surface area contributed by atoms with Crippen molar-refractivity contribution in [3.05, 3.63) is 34.5 Å². The Morgan fingerprint density at radius 2 is 2.12 bits per heavy atom. The number of nitrogens with one attached hydrogen (secondary N) is 2. The third-order valence-corrected chi connectivity index (χ3v) is 4.67. The fourth-order valence-corrected chi connectivity index (χ4v) is 3.48. The number of rotatable bonds is 5. The van der Waals surface area contributed by atoms with Crippen molar-refractivity contribution in [1.82, 2.24) is 10.3 Å². The highest BCUT2D eigenvalue weighted by Gasteiger charge is 2.24. The second kappa shape index (κ2) is 8.04. The van der Waals surface area contributed by atoms with Crippen LogP contribution in [0.25, 0.3) is 10.9 Å². The molecule has 4 nitrogen and oxygen atoms in total. The van der Waals surface area contributed by atoms with Crippen molar-refractivity contribution in [2.45, 2.75) is 59.0 Å². The molecule has 1 aromatic heterocycles. The molecule has 0 spiro atoms. The minimum atomic E-state index is -0.237. The standard InChI is InChI=1S/C19H26N2O2.ClH/c1-4-6-7-13-8-9-14(19(22)23-5-2)18-17(13)15-11-20-12(3)10-16(15)21-18;/h8-9,12,20-21H,4-7,10-11H2,1-3H3;1H. The predicted octanol–water partition coefficient (Wildman–Crippen LogP) is 4.14. The molecule has 1 atom stereocenters. The van der Waals surface area contributed by atoms with Crippen LogP contribution in [0.5, 0.6) is 0 Å². The highest BCUT2D eigenvalue weighted by Crippen LogP contribution is 2.32. The zero-order chi connectivity index (χ0) is 16.4. The molecular weight excluding hydrogens is 324 g/mol. The average Bonchev–Trinajstić information content (AvgIpc) is 2.91. The molecule has 2 aromatic rings. The van der Waals surface area contributed by atoms with E-state index in [0.29, 0.717) is 18.2 Å². The first-order valence-electron chi connectivity index (χ1n) is 8.71. The van der Waals surface area contributed by atoms with Crippen LogP contribution >= 0.6 is 12.4 Å². The van der Waals surface area contributed by atoms with Crippen molar-refractivity contribution < 1.29 is 9.53 Å². The van der Waals surface area contributed by atoms with Gasteiger partial charge in [0.25, 0.3) is 0 Å². The van der Waals surface area contributed by atoms with Crippen LogP contribution in [-0.2, 0) is 24.1 Å². The molecule has 132 valence electrons. The molecular formula is C19H27ClN2O2. The molecule has 1 aromatic carbocycles. The third kappa shape index (κ3) is 3.45. The summed E-state index contributed by atoms with van der Waals surface area (Å²) in [4.78, 5) is 15.8. The van der Waals surface area contributed by atoms with Gasteiger partial charge in [0, 0.05) is 30.1 Å². The summed E-state index contributed by atoms with van der Waals surface area (Å²) in [6.45, 7) is 7.51. The van der Waals surface area contributed by atoms with Gasteiger partial charge >= 0.3 is 5.97 Å². The van der Waals surface area contributed by atoms with E-state index < -0.39 is 0 Å². The summed E-state index contributed by atoms with van der Waals surface area (Å²) in [5, 5.41) is 4.77. The third-order valence-electron chi connectivity index (χ3n) is 4.67. The lowest BCUT2D eigenvalue weighted by Gasteiger charge is -2.20. The van der Waals surface area contributed by atoms with E-state index in [1.54, 1.807) is 0 Å². The van der Waals surface area contributed by atoms with Crippen molar-refractivity contribution in [1.29, 1.82) is 0 Å². The molecule has 3 rings (SSSR count). The Bertz CT molecular complexity index is 724. The van der Waals surface area contributed by atoms with Crippen LogP contribution in [0.3, 0.4) is 0 Å². The van der Waals surface area contributed by atoms with Gasteiger partial charge in [0.2, 0.25) is 0 Å². The molecule has 0 bridgehead atoms. The number of fused-ring (bicyclic) bond motifs is 3. The maximum Gasteiger partial charge on any atom is 0.340 e. The first kappa shape index (κ1) is 18.8. The van der Waals surface area contributed by atoms with E-state index >= 15 is 0 Å². The lowest BCUT2D eigenvalue weighted by atomic mass is 9.95. The number of carbonyl (C=O) groups excluding carboxylic acids is 1. The maximum absolute atomic E-state index is 12.3. The Balaban J connectivity index is 0.00000208. The van der Waals surface area contributed by atoms with Crippen molar-refractivity contribution in [3.63, 3.8) is 0 Å². The van der Waals surface area contributed by atoms with Gasteiger partial charge in [-0.15, -0.1) is 12.4 Å². The van der Waals surface area contributed by atoms with Gasteiger partial charge in [-0.3, -0.25) is 0 Å². The van der Waals surface area contributed by atoms with E-state index in [0.717, 1.165) is 31.3 Å². The molecule has 1 aliphatic rings. The number of carbonyl (C=O) groups is 1. The van der Waals surface area contributed by atoms with Crippen LogP contribution in [0.1, 0.15) is 60.8 Å². The Hall–Kier alpha value is -1.52. The quantitative estimate of drug-likeness (QED) is 0.797. The number of ether oxygens (including phenoxy) is 1. The summed E-state index contributed by atoms with van der Waals surface area (Å²) in [6, 6.07) is 4.49. The Morgan fingerprint density at radius 3 is 2.83 bits per heavy atom. The molecule has 2 heterocycles. The molecule has 1 unspecified atom stereocenters. The van der Waals surface area contributed by atoms with Crippen LogP contribution in [0.4, 0.5) is 0 Å². The average molecular weight is 351 g/mol. The van der Waals surface area contributed by atoms with Gasteiger partial charge in [-0.2, -0.15) is 0 Å². The number of unbranched alkanes of at least 4 members (excludes halogenated alkanes) is 1. The second-order valence-electron chi connectivity index (χ2n) is 6.41. The van der Waals surface area contributed by atoms with E-state index in [4.69, 9.17) is 4.74 Å². The number of halogens is 1. The van der Waals surface area contributed by atoms with Crippen LogP contribution in [0, 0.1) is 0 Å². The minimum Gasteiger partial charge on any atom is -0.462 e. The van der Waals surface area contributed by atoms with Crippen LogP contribution in [0.15, 0.2) is 12.1 Å². The summed E-state index contributed by atoms with van der Waals surface area (Å²) in [6.07, 6.45) is 4.36. The smallest absolute Gasteiger partial charge is 0.340 e. The van der Waals surface area contributed by atoms with Crippen LogP contribution in [0.2, 0.25) is 0 Å². The molecule has 0 amide bonds. The molecule has 0 saturated carbocycles. The molecule has 1 aliphatic heterocycles. The highest BCUT2D eigenvalue weighted by molar-refractivity contribution is 6.05. The Labute approximate surface area is 149 Å². The SMILES string of the molecule is CCCCc1ccc(C(=O)OCC)c2[nH]c3c(c12)CNC(C)C3.Cl.